The number of hydrogen-bond acceptors (Lipinski definition) is 5. The van der Waals surface area contributed by atoms with Crippen LogP contribution in [-0.2, 0) is 27.2 Å². The molecule has 0 aliphatic carbocycles. The van der Waals surface area contributed by atoms with Crippen LogP contribution in [0.4, 0.5) is 0 Å². The van der Waals surface area contributed by atoms with Crippen molar-refractivity contribution in [1.82, 2.24) is 5.32 Å². The van der Waals surface area contributed by atoms with Gasteiger partial charge in [0.25, 0.3) is 0 Å². The van der Waals surface area contributed by atoms with Gasteiger partial charge in [-0.2, -0.15) is 0 Å². The number of rotatable bonds is 5. The molecule has 0 spiro atoms. The Kier molecular flexibility index (Phi) is 5.48. The zero-order valence-electron chi connectivity index (χ0n) is 14.0. The van der Waals surface area contributed by atoms with E-state index in [1.54, 1.807) is 0 Å². The minimum Gasteiger partial charge on any atom is -0.427 e. The van der Waals surface area contributed by atoms with Gasteiger partial charge >= 0.3 is 7.12 Å². The lowest BCUT2D eigenvalue weighted by atomic mass is 9.64. The molecule has 1 unspecified atom stereocenters. The lowest BCUT2D eigenvalue weighted by Gasteiger charge is -2.32. The van der Waals surface area contributed by atoms with Gasteiger partial charge < -0.3 is 15.0 Å². The maximum absolute atomic E-state index is 12.6. The topological polar surface area (TPSA) is 75.6 Å². The minimum absolute atomic E-state index is 0.0618. The molecule has 2 aliphatic rings. The average Bonchev–Trinajstić information content (AvgIpc) is 2.56. The van der Waals surface area contributed by atoms with Crippen LogP contribution in [0.2, 0.25) is 5.82 Å². The van der Waals surface area contributed by atoms with E-state index in [0.29, 0.717) is 32.2 Å². The molecule has 0 saturated carbocycles. The molecule has 6 heteroatoms. The van der Waals surface area contributed by atoms with Crippen molar-refractivity contribution in [2.24, 2.45) is 0 Å². The van der Waals surface area contributed by atoms with Gasteiger partial charge in [-0.25, -0.2) is 0 Å². The molecule has 0 radical (unpaired) electrons. The second-order valence-corrected chi connectivity index (χ2v) is 6.97. The number of benzene rings is 1. The minimum atomic E-state index is -0.956. The van der Waals surface area contributed by atoms with Gasteiger partial charge in [0.05, 0.1) is 6.04 Å². The SMILES string of the molecule is CC(=O)C[C@@H]1CC[C@H](CC(=O)C2Cc3ccccc3CN2)B(O)O1. The highest BCUT2D eigenvalue weighted by atomic mass is 16.5. The summed E-state index contributed by atoms with van der Waals surface area (Å²) in [5.41, 5.74) is 2.46. The normalized spacial score (nSPS) is 26.8. The number of Topliss-reactive ketones (excluding diaryl/α,β-unsaturated/α-hetero) is 2. The molecule has 2 aliphatic heterocycles. The van der Waals surface area contributed by atoms with E-state index in [9.17, 15) is 14.6 Å². The fourth-order valence-electron chi connectivity index (χ4n) is 3.68. The highest BCUT2D eigenvalue weighted by Gasteiger charge is 2.37. The van der Waals surface area contributed by atoms with Crippen molar-refractivity contribution in [3.63, 3.8) is 0 Å². The zero-order chi connectivity index (χ0) is 17.1. The molecular weight excluding hydrogens is 305 g/mol. The van der Waals surface area contributed by atoms with Crippen molar-refractivity contribution >= 4 is 18.7 Å². The van der Waals surface area contributed by atoms with Gasteiger partial charge in [0.2, 0.25) is 0 Å². The van der Waals surface area contributed by atoms with Crippen LogP contribution in [0.25, 0.3) is 0 Å². The van der Waals surface area contributed by atoms with E-state index in [0.717, 1.165) is 6.42 Å². The lowest BCUT2D eigenvalue weighted by Crippen LogP contribution is -2.44. The van der Waals surface area contributed by atoms with E-state index in [-0.39, 0.29) is 29.5 Å². The quantitative estimate of drug-likeness (QED) is 0.804. The molecule has 1 aromatic carbocycles. The fraction of sp³-hybridized carbons (Fsp3) is 0.556. The molecule has 5 nitrogen and oxygen atoms in total. The fourth-order valence-corrected chi connectivity index (χ4v) is 3.68. The number of hydrogen-bond donors (Lipinski definition) is 2. The third kappa shape index (κ3) is 4.12. The van der Waals surface area contributed by atoms with E-state index in [1.807, 2.05) is 12.1 Å². The number of nitrogens with one attached hydrogen (secondary N) is 1. The molecule has 2 N–H and O–H groups in total. The third-order valence-corrected chi connectivity index (χ3v) is 5.04. The van der Waals surface area contributed by atoms with Crippen molar-refractivity contribution in [3.05, 3.63) is 35.4 Å². The predicted molar refractivity (Wildman–Crippen MR) is 91.5 cm³/mol. The summed E-state index contributed by atoms with van der Waals surface area (Å²) in [5, 5.41) is 13.4. The number of carbonyl (C=O) groups excluding carboxylic acids is 2. The number of ketones is 2. The molecule has 3 rings (SSSR count). The van der Waals surface area contributed by atoms with Crippen LogP contribution in [0.1, 0.15) is 43.7 Å². The van der Waals surface area contributed by atoms with Crippen LogP contribution >= 0.6 is 0 Å². The smallest absolute Gasteiger partial charge is 0.427 e. The standard InChI is InChI=1S/C18H24BNO4/c1-12(21)8-16-7-6-15(19(23)24-16)10-18(22)17-9-13-4-2-3-5-14(13)11-20-17/h2-5,15-17,20,23H,6-11H2,1H3/t15-,16+,17?/m1/s1. The Morgan fingerprint density at radius 3 is 2.71 bits per heavy atom. The zero-order valence-corrected chi connectivity index (χ0v) is 14.0. The Bertz CT molecular complexity index is 621. The first-order valence-corrected chi connectivity index (χ1v) is 8.68. The summed E-state index contributed by atoms with van der Waals surface area (Å²) in [4.78, 5) is 23.8. The van der Waals surface area contributed by atoms with Crippen molar-refractivity contribution in [2.45, 2.75) is 63.5 Å². The second kappa shape index (κ2) is 7.59. The molecule has 0 aromatic heterocycles. The summed E-state index contributed by atoms with van der Waals surface area (Å²) < 4.78 is 5.52. The van der Waals surface area contributed by atoms with Crippen LogP contribution in [0, 0.1) is 0 Å². The maximum atomic E-state index is 12.6. The predicted octanol–water partition coefficient (Wildman–Crippen LogP) is 1.67. The average molecular weight is 329 g/mol. The van der Waals surface area contributed by atoms with Crippen LogP contribution in [0.5, 0.6) is 0 Å². The summed E-state index contributed by atoms with van der Waals surface area (Å²) in [5.74, 6) is 0.00801. The van der Waals surface area contributed by atoms with Gasteiger partial charge in [0.15, 0.2) is 0 Å². The Balaban J connectivity index is 1.53. The number of carbonyl (C=O) groups is 2. The van der Waals surface area contributed by atoms with Gasteiger partial charge in [-0.15, -0.1) is 0 Å². The Hall–Kier alpha value is -1.50. The Labute approximate surface area is 142 Å². The summed E-state index contributed by atoms with van der Waals surface area (Å²) in [6.07, 6.45) is 2.56. The van der Waals surface area contributed by atoms with Crippen molar-refractivity contribution in [1.29, 1.82) is 0 Å². The van der Waals surface area contributed by atoms with Crippen LogP contribution in [0.3, 0.4) is 0 Å². The molecule has 24 heavy (non-hydrogen) atoms. The van der Waals surface area contributed by atoms with E-state index >= 15 is 0 Å². The van der Waals surface area contributed by atoms with Crippen molar-refractivity contribution in [3.8, 4) is 0 Å². The van der Waals surface area contributed by atoms with E-state index < -0.39 is 7.12 Å². The molecule has 2 heterocycles. The van der Waals surface area contributed by atoms with Gasteiger partial charge in [0, 0.05) is 31.3 Å². The molecule has 0 bridgehead atoms. The Morgan fingerprint density at radius 2 is 2.00 bits per heavy atom. The molecule has 0 amide bonds. The largest absolute Gasteiger partial charge is 0.458 e. The molecular formula is C18H24BNO4. The van der Waals surface area contributed by atoms with Gasteiger partial charge in [-0.1, -0.05) is 24.3 Å². The monoisotopic (exact) mass is 329 g/mol. The molecule has 1 aromatic rings. The van der Waals surface area contributed by atoms with E-state index in [1.165, 1.54) is 18.1 Å². The third-order valence-electron chi connectivity index (χ3n) is 5.04. The van der Waals surface area contributed by atoms with Crippen molar-refractivity contribution in [2.75, 3.05) is 0 Å². The van der Waals surface area contributed by atoms with Crippen molar-refractivity contribution < 1.29 is 19.3 Å². The summed E-state index contributed by atoms with van der Waals surface area (Å²) in [6, 6.07) is 7.97. The van der Waals surface area contributed by atoms with Crippen LogP contribution in [0.15, 0.2) is 24.3 Å². The number of fused-ring (bicyclic) bond motifs is 1. The van der Waals surface area contributed by atoms with Crippen LogP contribution in [-0.4, -0.2) is 35.9 Å². The highest BCUT2D eigenvalue weighted by molar-refractivity contribution is 6.45. The highest BCUT2D eigenvalue weighted by Crippen LogP contribution is 2.31. The molecule has 1 fully saturated rings. The molecule has 3 atom stereocenters. The first-order valence-electron chi connectivity index (χ1n) is 8.68. The van der Waals surface area contributed by atoms with Gasteiger partial charge in [-0.3, -0.25) is 9.59 Å². The lowest BCUT2D eigenvalue weighted by molar-refractivity contribution is -0.122. The van der Waals surface area contributed by atoms with Crippen LogP contribution < -0.4 is 5.32 Å². The first kappa shape index (κ1) is 17.3. The second-order valence-electron chi connectivity index (χ2n) is 6.97. The van der Waals surface area contributed by atoms with E-state index in [2.05, 4.69) is 17.4 Å². The van der Waals surface area contributed by atoms with E-state index in [4.69, 9.17) is 4.65 Å². The van der Waals surface area contributed by atoms with Gasteiger partial charge in [0.1, 0.15) is 11.6 Å². The molecule has 1 saturated heterocycles. The maximum Gasteiger partial charge on any atom is 0.458 e. The van der Waals surface area contributed by atoms with Gasteiger partial charge in [-0.05, 0) is 37.3 Å². The summed E-state index contributed by atoms with van der Waals surface area (Å²) in [6.45, 7) is 2.23. The Morgan fingerprint density at radius 1 is 1.25 bits per heavy atom. The summed E-state index contributed by atoms with van der Waals surface area (Å²) >= 11 is 0. The molecule has 128 valence electrons. The summed E-state index contributed by atoms with van der Waals surface area (Å²) in [7, 11) is -0.956. The first-order chi connectivity index (χ1) is 11.5.